The minimum Gasteiger partial charge on any atom is -0.489 e. The molecule has 5 N–H and O–H groups in total. The first-order valence-corrected chi connectivity index (χ1v) is 16.8. The third kappa shape index (κ3) is 9.13. The minimum atomic E-state index is -5.01. The van der Waals surface area contributed by atoms with Crippen LogP contribution in [0.25, 0.3) is 11.3 Å². The van der Waals surface area contributed by atoms with E-state index in [-0.39, 0.29) is 19.4 Å². The van der Waals surface area contributed by atoms with Gasteiger partial charge in [-0.3, -0.25) is 24.2 Å². The summed E-state index contributed by atoms with van der Waals surface area (Å²) in [4.78, 5) is 56.7. The molecule has 3 aromatic rings. The predicted molar refractivity (Wildman–Crippen MR) is 179 cm³/mol. The maximum absolute atomic E-state index is 15.5. The predicted octanol–water partition coefficient (Wildman–Crippen LogP) is 4.39. The number of benzene rings is 2. The van der Waals surface area contributed by atoms with Gasteiger partial charge < -0.3 is 30.7 Å². The van der Waals surface area contributed by atoms with Gasteiger partial charge in [-0.15, -0.1) is 0 Å². The van der Waals surface area contributed by atoms with Crippen molar-refractivity contribution < 1.29 is 74.4 Å². The zero-order valence-corrected chi connectivity index (χ0v) is 29.4. The molecule has 1 aliphatic heterocycles. The number of aliphatic hydroxyl groups is 1. The molecule has 57 heavy (non-hydrogen) atoms. The van der Waals surface area contributed by atoms with Crippen LogP contribution in [0.5, 0.6) is 5.75 Å². The van der Waals surface area contributed by atoms with Crippen LogP contribution in [0.2, 0.25) is 0 Å². The number of hydrogen-bond donors (Lipinski definition) is 5. The Morgan fingerprint density at radius 2 is 1.74 bits per heavy atom. The van der Waals surface area contributed by atoms with Gasteiger partial charge >= 0.3 is 24.3 Å². The van der Waals surface area contributed by atoms with Gasteiger partial charge in [0.2, 0.25) is 5.82 Å². The second-order valence-corrected chi connectivity index (χ2v) is 13.0. The number of likely N-dealkylation sites (N-methyl/N-ethyl adjacent to an activating group) is 1. The van der Waals surface area contributed by atoms with E-state index < -0.39 is 130 Å². The largest absolute Gasteiger partial charge is 0.489 e. The van der Waals surface area contributed by atoms with Gasteiger partial charge in [-0.2, -0.15) is 30.7 Å². The van der Waals surface area contributed by atoms with E-state index in [0.717, 1.165) is 29.3 Å². The van der Waals surface area contributed by atoms with Crippen LogP contribution >= 0.6 is 0 Å². The van der Waals surface area contributed by atoms with E-state index in [1.807, 2.05) is 0 Å². The average molecular weight is 817 g/mol. The average Bonchev–Trinajstić information content (AvgIpc) is 3.51. The molecule has 22 heteroatoms. The first kappa shape index (κ1) is 42.4. The second-order valence-electron chi connectivity index (χ2n) is 13.0. The number of ether oxygens (including phenoxy) is 1. The van der Waals surface area contributed by atoms with E-state index in [2.05, 4.69) is 20.6 Å². The number of nitrogens with zero attached hydrogens (tertiary/aromatic N) is 4. The third-order valence-corrected chi connectivity index (χ3v) is 9.40. The monoisotopic (exact) mass is 816 g/mol. The highest BCUT2D eigenvalue weighted by atomic mass is 19.4. The summed E-state index contributed by atoms with van der Waals surface area (Å²) in [5, 5.41) is 35.8. The van der Waals surface area contributed by atoms with Crippen LogP contribution in [-0.2, 0) is 38.1 Å². The number of hydrogen-bond acceptors (Lipinski definition) is 10. The molecule has 5 rings (SSSR count). The molecule has 2 amide bonds. The second kappa shape index (κ2) is 16.4. The number of alkyl halides is 6. The molecule has 2 aromatic carbocycles. The Morgan fingerprint density at radius 1 is 1.02 bits per heavy atom. The van der Waals surface area contributed by atoms with Crippen molar-refractivity contribution in [3.63, 3.8) is 0 Å². The maximum Gasteiger partial charge on any atom is 0.433 e. The quantitative estimate of drug-likeness (QED) is 0.0930. The molecule has 1 fully saturated rings. The Hall–Kier alpha value is -5.74. The number of carboxylic acids is 2. The fourth-order valence-corrected chi connectivity index (χ4v) is 6.46. The van der Waals surface area contributed by atoms with Gasteiger partial charge in [-0.05, 0) is 55.7 Å². The zero-order chi connectivity index (χ0) is 42.0. The SMILES string of the molecule is CN1N(Cc2ccc(OCCN[C@@H](CC(=O)O)C(=O)O)c(F)c2F)C(=O)C(C(=O)Nc2ccc(C(F)(F)F)cc2-c2cc(C(F)(F)F)ncn2)=CC12CCCC2O. The van der Waals surface area contributed by atoms with Crippen molar-refractivity contribution in [2.75, 3.05) is 25.5 Å². The number of anilines is 1. The van der Waals surface area contributed by atoms with Crippen molar-refractivity contribution in [3.05, 3.63) is 82.8 Å². The van der Waals surface area contributed by atoms with Crippen LogP contribution in [-0.4, -0.2) is 96.9 Å². The van der Waals surface area contributed by atoms with E-state index in [4.69, 9.17) is 14.9 Å². The summed E-state index contributed by atoms with van der Waals surface area (Å²) < 4.78 is 117. The summed E-state index contributed by atoms with van der Waals surface area (Å²) in [6, 6.07) is 2.67. The summed E-state index contributed by atoms with van der Waals surface area (Å²) in [6.07, 6.45) is -9.65. The van der Waals surface area contributed by atoms with E-state index in [9.17, 15) is 50.6 Å². The van der Waals surface area contributed by atoms with Crippen molar-refractivity contribution in [1.29, 1.82) is 0 Å². The third-order valence-electron chi connectivity index (χ3n) is 9.40. The number of aromatic nitrogens is 2. The van der Waals surface area contributed by atoms with Gasteiger partial charge in [-0.25, -0.2) is 19.4 Å². The Labute approximate surface area is 316 Å². The number of carbonyl (C=O) groups excluding carboxylic acids is 2. The number of rotatable bonds is 13. The van der Waals surface area contributed by atoms with Crippen LogP contribution < -0.4 is 15.4 Å². The molecular weight excluding hydrogens is 784 g/mol. The molecule has 0 saturated heterocycles. The molecule has 3 atom stereocenters. The first-order chi connectivity index (χ1) is 26.6. The molecule has 2 unspecified atom stereocenters. The highest BCUT2D eigenvalue weighted by molar-refractivity contribution is 6.23. The van der Waals surface area contributed by atoms with E-state index in [1.165, 1.54) is 12.1 Å². The van der Waals surface area contributed by atoms with Crippen LogP contribution in [0.1, 0.15) is 42.5 Å². The van der Waals surface area contributed by atoms with Gasteiger partial charge in [0, 0.05) is 24.7 Å². The van der Waals surface area contributed by atoms with Gasteiger partial charge in [0.15, 0.2) is 11.6 Å². The number of aliphatic hydroxyl groups excluding tert-OH is 1. The fourth-order valence-electron chi connectivity index (χ4n) is 6.46. The molecule has 1 aromatic heterocycles. The van der Waals surface area contributed by atoms with Gasteiger partial charge in [0.1, 0.15) is 30.2 Å². The lowest BCUT2D eigenvalue weighted by atomic mass is 9.88. The minimum absolute atomic E-state index is 0.144. The van der Waals surface area contributed by atoms with Crippen molar-refractivity contribution in [2.24, 2.45) is 0 Å². The molecule has 0 bridgehead atoms. The number of nitrogens with one attached hydrogen (secondary N) is 2. The van der Waals surface area contributed by atoms with Gasteiger partial charge in [0.05, 0.1) is 41.6 Å². The number of hydrazine groups is 1. The Kier molecular flexibility index (Phi) is 12.2. The molecule has 1 aliphatic carbocycles. The number of carbonyl (C=O) groups is 4. The summed E-state index contributed by atoms with van der Waals surface area (Å²) in [6.45, 7) is -1.43. The molecular formula is C35H32F8N6O8. The molecule has 0 radical (unpaired) electrons. The standard InChI is InChI=1S/C35H32F8N6O8/c1-48-33(8-2-3-26(33)50)14-20(30(53)47-21-6-5-18(34(38,39)40)11-19(21)22-12-25(35(41,42)43)46-16-45-22)31(54)49(48)15-17-4-7-24(29(37)28(17)36)57-10-9-44-23(32(55)56)13-27(51)52/h4-7,11-12,14,16,23,26,44,50H,2-3,8-10,13,15H2,1H3,(H,47,53)(H,51,52)(H,55,56)/t23-,26?,33?/m0/s1. The molecule has 14 nitrogen and oxygen atoms in total. The lowest BCUT2D eigenvalue weighted by Gasteiger charge is -2.48. The van der Waals surface area contributed by atoms with Crippen molar-refractivity contribution in [2.45, 2.75) is 62.3 Å². The Bertz CT molecular complexity index is 2100. The molecule has 2 heterocycles. The first-order valence-electron chi connectivity index (χ1n) is 16.8. The highest BCUT2D eigenvalue weighted by Crippen LogP contribution is 2.42. The number of carboxylic acid groups (broad SMARTS) is 2. The van der Waals surface area contributed by atoms with E-state index >= 15 is 8.78 Å². The lowest BCUT2D eigenvalue weighted by Crippen LogP contribution is -2.63. The lowest BCUT2D eigenvalue weighted by molar-refractivity contribution is -0.164. The number of halogens is 8. The van der Waals surface area contributed by atoms with E-state index in [0.29, 0.717) is 30.9 Å². The summed E-state index contributed by atoms with van der Waals surface area (Å²) in [5.74, 6) is -8.88. The van der Waals surface area contributed by atoms with E-state index in [1.54, 1.807) is 0 Å². The van der Waals surface area contributed by atoms with Crippen LogP contribution in [0, 0.1) is 11.6 Å². The molecule has 1 saturated carbocycles. The summed E-state index contributed by atoms with van der Waals surface area (Å²) in [7, 11) is 1.35. The zero-order valence-electron chi connectivity index (χ0n) is 29.4. The molecule has 2 aliphatic rings. The molecule has 1 spiro atoms. The smallest absolute Gasteiger partial charge is 0.433 e. The Balaban J connectivity index is 1.43. The van der Waals surface area contributed by atoms with Crippen LogP contribution in [0.4, 0.5) is 40.8 Å². The normalized spacial score (nSPS) is 19.4. The van der Waals surface area contributed by atoms with Crippen LogP contribution in [0.15, 0.2) is 54.4 Å². The summed E-state index contributed by atoms with van der Waals surface area (Å²) >= 11 is 0. The van der Waals surface area contributed by atoms with Crippen molar-refractivity contribution >= 4 is 29.4 Å². The van der Waals surface area contributed by atoms with Crippen molar-refractivity contribution in [3.8, 4) is 17.0 Å². The topological polar surface area (TPSA) is 195 Å². The fraction of sp³-hybridized carbons (Fsp3) is 0.371. The van der Waals surface area contributed by atoms with Gasteiger partial charge in [-0.1, -0.05) is 6.07 Å². The van der Waals surface area contributed by atoms with Crippen molar-refractivity contribution in [1.82, 2.24) is 25.3 Å². The number of amides is 2. The molecule has 306 valence electrons. The maximum atomic E-state index is 15.5. The summed E-state index contributed by atoms with van der Waals surface area (Å²) in [5.41, 5.74) is -7.16. The number of aliphatic carboxylic acids is 2. The highest BCUT2D eigenvalue weighted by Gasteiger charge is 2.52. The van der Waals surface area contributed by atoms with Gasteiger partial charge in [0.25, 0.3) is 11.8 Å². The van der Waals surface area contributed by atoms with Crippen LogP contribution in [0.3, 0.4) is 0 Å². The Morgan fingerprint density at radius 3 is 2.35 bits per heavy atom.